The van der Waals surface area contributed by atoms with Crippen molar-refractivity contribution in [2.75, 3.05) is 6.61 Å². The van der Waals surface area contributed by atoms with Gasteiger partial charge in [0.1, 0.15) is 0 Å². The maximum atomic E-state index is 12.4. The van der Waals surface area contributed by atoms with E-state index in [0.29, 0.717) is 23.3 Å². The van der Waals surface area contributed by atoms with Crippen molar-refractivity contribution in [3.8, 4) is 0 Å². The number of nitrogens with one attached hydrogen (secondary N) is 1. The molecule has 1 saturated heterocycles. The lowest BCUT2D eigenvalue weighted by molar-refractivity contribution is -0.139. The monoisotopic (exact) mass is 339 g/mol. The van der Waals surface area contributed by atoms with Crippen molar-refractivity contribution in [1.29, 1.82) is 0 Å². The molecule has 2 unspecified atom stereocenters. The molecular formula is C14H18BNO6S. The third-order valence-corrected chi connectivity index (χ3v) is 4.42. The average molecular weight is 339 g/mol. The fraction of sp³-hybridized carbons (Fsp3) is 0.429. The topological polar surface area (TPSA) is 116 Å². The van der Waals surface area contributed by atoms with Crippen molar-refractivity contribution in [3.63, 3.8) is 0 Å². The highest BCUT2D eigenvalue weighted by Crippen LogP contribution is 2.22. The van der Waals surface area contributed by atoms with Crippen LogP contribution in [0.25, 0.3) is 5.57 Å². The van der Waals surface area contributed by atoms with E-state index in [1.807, 2.05) is 5.38 Å². The molecule has 4 N–H and O–H groups in total. The first-order chi connectivity index (χ1) is 11.0. The number of carboxylic acids is 1. The highest BCUT2D eigenvalue weighted by molar-refractivity contribution is 7.11. The molecule has 1 aliphatic rings. The van der Waals surface area contributed by atoms with E-state index >= 15 is 0 Å². The van der Waals surface area contributed by atoms with Gasteiger partial charge in [-0.05, 0) is 30.4 Å². The zero-order valence-corrected chi connectivity index (χ0v) is 13.2. The predicted molar refractivity (Wildman–Crippen MR) is 85.6 cm³/mol. The van der Waals surface area contributed by atoms with E-state index in [1.54, 1.807) is 12.1 Å². The number of carbonyl (C=O) groups is 2. The van der Waals surface area contributed by atoms with Crippen LogP contribution in [-0.4, -0.2) is 52.9 Å². The standard InChI is InChI=1S/C14H18BNO6S/c17-6-5-10(11-2-1-7-23-11)14(20)16-12-4-3-9(8-13(18)19)22-15(12)21/h1-2,5,7,9,12,17,21H,3-4,6,8H2,(H,16,20)(H,18,19)/b10-5+. The summed E-state index contributed by atoms with van der Waals surface area (Å²) in [5, 5.41) is 32.3. The summed E-state index contributed by atoms with van der Waals surface area (Å²) in [6, 6.07) is 3.57. The number of amides is 1. The van der Waals surface area contributed by atoms with Gasteiger partial charge in [0.05, 0.1) is 30.6 Å². The first-order valence-electron chi connectivity index (χ1n) is 7.22. The predicted octanol–water partition coefficient (Wildman–Crippen LogP) is 0.282. The van der Waals surface area contributed by atoms with Gasteiger partial charge in [0, 0.05) is 4.88 Å². The lowest BCUT2D eigenvalue weighted by atomic mass is 9.72. The van der Waals surface area contributed by atoms with Crippen molar-refractivity contribution in [2.45, 2.75) is 31.3 Å². The fourth-order valence-electron chi connectivity index (χ4n) is 2.43. The summed E-state index contributed by atoms with van der Waals surface area (Å²) in [7, 11) is -1.25. The van der Waals surface area contributed by atoms with E-state index in [2.05, 4.69) is 5.32 Å². The molecule has 0 radical (unpaired) electrons. The van der Waals surface area contributed by atoms with E-state index in [1.165, 1.54) is 17.4 Å². The van der Waals surface area contributed by atoms with Gasteiger partial charge < -0.3 is 25.2 Å². The average Bonchev–Trinajstić information content (AvgIpc) is 3.00. The van der Waals surface area contributed by atoms with Crippen molar-refractivity contribution >= 4 is 35.9 Å². The number of aliphatic hydroxyl groups is 1. The summed E-state index contributed by atoms with van der Waals surface area (Å²) in [6.07, 6.45) is 1.53. The van der Waals surface area contributed by atoms with Crippen LogP contribution in [0.3, 0.4) is 0 Å². The Kier molecular flexibility index (Phi) is 6.34. The lowest BCUT2D eigenvalue weighted by Gasteiger charge is -2.31. The van der Waals surface area contributed by atoms with Gasteiger partial charge in [-0.2, -0.15) is 0 Å². The van der Waals surface area contributed by atoms with Crippen molar-refractivity contribution < 1.29 is 29.5 Å². The number of hydrogen-bond donors (Lipinski definition) is 4. The van der Waals surface area contributed by atoms with Crippen molar-refractivity contribution in [2.24, 2.45) is 0 Å². The minimum Gasteiger partial charge on any atom is -0.481 e. The van der Waals surface area contributed by atoms with Crippen LogP contribution in [0.4, 0.5) is 0 Å². The van der Waals surface area contributed by atoms with Gasteiger partial charge in [-0.3, -0.25) is 9.59 Å². The quantitative estimate of drug-likeness (QED) is 0.437. The van der Waals surface area contributed by atoms with Crippen molar-refractivity contribution in [1.82, 2.24) is 5.32 Å². The summed E-state index contributed by atoms with van der Waals surface area (Å²) in [5.74, 6) is -2.02. The van der Waals surface area contributed by atoms with Crippen LogP contribution in [0, 0.1) is 0 Å². The Bertz CT molecular complexity index is 576. The molecule has 1 aliphatic heterocycles. The molecule has 7 nitrogen and oxygen atoms in total. The van der Waals surface area contributed by atoms with Crippen molar-refractivity contribution in [3.05, 3.63) is 28.5 Å². The SMILES string of the molecule is O=C(O)CC1CCC(NC(=O)/C(=C/CO)c2cccs2)B(O)O1. The van der Waals surface area contributed by atoms with E-state index < -0.39 is 31.0 Å². The largest absolute Gasteiger partial charge is 0.481 e. The maximum Gasteiger partial charge on any atom is 0.478 e. The van der Waals surface area contributed by atoms with Gasteiger partial charge >= 0.3 is 13.1 Å². The zero-order chi connectivity index (χ0) is 16.8. The summed E-state index contributed by atoms with van der Waals surface area (Å²) < 4.78 is 5.23. The van der Waals surface area contributed by atoms with Gasteiger partial charge in [-0.15, -0.1) is 11.3 Å². The Balaban J connectivity index is 1.97. The molecule has 0 saturated carbocycles. The van der Waals surface area contributed by atoms with Crippen LogP contribution >= 0.6 is 11.3 Å². The van der Waals surface area contributed by atoms with Gasteiger partial charge in [0.15, 0.2) is 0 Å². The first kappa shape index (κ1) is 17.7. The summed E-state index contributed by atoms with van der Waals surface area (Å²) in [4.78, 5) is 23.7. The Morgan fingerprint density at radius 3 is 2.83 bits per heavy atom. The molecule has 1 amide bonds. The molecule has 9 heteroatoms. The Morgan fingerprint density at radius 2 is 2.26 bits per heavy atom. The number of carboxylic acid groups (broad SMARTS) is 1. The second-order valence-corrected chi connectivity index (χ2v) is 6.13. The number of carbonyl (C=O) groups excluding carboxylic acids is 1. The molecule has 1 fully saturated rings. The minimum atomic E-state index is -1.25. The highest BCUT2D eigenvalue weighted by atomic mass is 32.1. The van der Waals surface area contributed by atoms with Gasteiger partial charge in [-0.1, -0.05) is 6.07 Å². The molecule has 0 aliphatic carbocycles. The summed E-state index contributed by atoms with van der Waals surface area (Å²) in [6.45, 7) is -0.273. The van der Waals surface area contributed by atoms with E-state index in [0.717, 1.165) is 0 Å². The number of thiophene rings is 1. The molecule has 2 rings (SSSR count). The normalized spacial score (nSPS) is 22.0. The smallest absolute Gasteiger partial charge is 0.478 e. The Morgan fingerprint density at radius 1 is 1.48 bits per heavy atom. The van der Waals surface area contributed by atoms with Crippen LogP contribution in [-0.2, 0) is 14.2 Å². The second-order valence-electron chi connectivity index (χ2n) is 5.18. The Hall–Kier alpha value is -1.68. The zero-order valence-electron chi connectivity index (χ0n) is 12.3. The maximum absolute atomic E-state index is 12.4. The summed E-state index contributed by atoms with van der Waals surface area (Å²) >= 11 is 1.37. The third-order valence-electron chi connectivity index (χ3n) is 3.52. The highest BCUT2D eigenvalue weighted by Gasteiger charge is 2.37. The Labute approximate surface area is 137 Å². The number of rotatable bonds is 6. The first-order valence-corrected chi connectivity index (χ1v) is 8.10. The van der Waals surface area contributed by atoms with E-state index in [-0.39, 0.29) is 13.0 Å². The molecule has 1 aromatic rings. The molecule has 1 aromatic heterocycles. The van der Waals surface area contributed by atoms with E-state index in [4.69, 9.17) is 14.9 Å². The molecule has 2 heterocycles. The fourth-order valence-corrected chi connectivity index (χ4v) is 3.19. The van der Waals surface area contributed by atoms with Gasteiger partial charge in [0.25, 0.3) is 5.91 Å². The molecule has 0 spiro atoms. The van der Waals surface area contributed by atoms with Crippen LogP contribution in [0.15, 0.2) is 23.6 Å². The number of aliphatic carboxylic acids is 1. The molecular weight excluding hydrogens is 321 g/mol. The second kappa shape index (κ2) is 8.25. The lowest BCUT2D eigenvalue weighted by Crippen LogP contribution is -2.53. The van der Waals surface area contributed by atoms with Gasteiger partial charge in [0.2, 0.25) is 0 Å². The molecule has 2 atom stereocenters. The van der Waals surface area contributed by atoms with Crippen LogP contribution in [0.5, 0.6) is 0 Å². The van der Waals surface area contributed by atoms with Crippen LogP contribution in [0.1, 0.15) is 24.1 Å². The third kappa shape index (κ3) is 4.90. The molecule has 124 valence electrons. The molecule has 0 aromatic carbocycles. The molecule has 0 bridgehead atoms. The minimum absolute atomic E-state index is 0.178. The van der Waals surface area contributed by atoms with Crippen LogP contribution < -0.4 is 5.32 Å². The van der Waals surface area contributed by atoms with E-state index in [9.17, 15) is 14.6 Å². The summed E-state index contributed by atoms with van der Waals surface area (Å²) in [5.41, 5.74) is 0.336. The van der Waals surface area contributed by atoms with Gasteiger partial charge in [-0.25, -0.2) is 0 Å². The number of hydrogen-bond acceptors (Lipinski definition) is 6. The molecule has 23 heavy (non-hydrogen) atoms. The number of aliphatic hydroxyl groups excluding tert-OH is 1. The van der Waals surface area contributed by atoms with Crippen LogP contribution in [0.2, 0.25) is 0 Å².